The van der Waals surface area contributed by atoms with Gasteiger partial charge in [-0.2, -0.15) is 0 Å². The van der Waals surface area contributed by atoms with Crippen molar-refractivity contribution in [1.29, 1.82) is 0 Å². The highest BCUT2D eigenvalue weighted by atomic mass is 16.7. The molecule has 5 rings (SSSR count). The van der Waals surface area contributed by atoms with Gasteiger partial charge < -0.3 is 69.3 Å². The molecule has 41 heavy (non-hydrogen) atoms. The highest BCUT2D eigenvalue weighted by molar-refractivity contribution is 5.89. The highest BCUT2D eigenvalue weighted by Gasteiger charge is 2.46. The maximum absolute atomic E-state index is 12.7. The summed E-state index contributed by atoms with van der Waals surface area (Å²) in [6.45, 7) is -0.894. The molecule has 9 atom stereocenters. The van der Waals surface area contributed by atoms with E-state index in [1.54, 1.807) is 0 Å². The van der Waals surface area contributed by atoms with E-state index in [9.17, 15) is 50.8 Å². The van der Waals surface area contributed by atoms with Gasteiger partial charge in [0.25, 0.3) is 0 Å². The summed E-state index contributed by atoms with van der Waals surface area (Å²) in [4.78, 5) is 12.7. The van der Waals surface area contributed by atoms with Crippen LogP contribution in [0.15, 0.2) is 45.6 Å². The second-order valence-corrected chi connectivity index (χ2v) is 9.68. The lowest BCUT2D eigenvalue weighted by Gasteiger charge is -2.41. The van der Waals surface area contributed by atoms with Gasteiger partial charge in [-0.25, -0.2) is 0 Å². The molecule has 0 unspecified atom stereocenters. The van der Waals surface area contributed by atoms with Crippen molar-refractivity contribution < 1.29 is 69.3 Å². The number of aliphatic hydroxyl groups is 6. The normalized spacial score (nSPS) is 32.2. The molecular weight excluding hydrogens is 552 g/mol. The minimum atomic E-state index is -1.87. The molecule has 2 aromatic carbocycles. The molecule has 0 radical (unpaired) electrons. The van der Waals surface area contributed by atoms with Crippen molar-refractivity contribution in [3.05, 3.63) is 46.6 Å². The van der Waals surface area contributed by atoms with E-state index in [-0.39, 0.29) is 29.1 Å². The number of aromatic hydroxyl groups is 3. The van der Waals surface area contributed by atoms with Gasteiger partial charge in [0.2, 0.25) is 12.0 Å². The Morgan fingerprint density at radius 2 is 1.49 bits per heavy atom. The zero-order valence-electron chi connectivity index (χ0n) is 21.0. The van der Waals surface area contributed by atoms with E-state index >= 15 is 0 Å². The van der Waals surface area contributed by atoms with Crippen LogP contribution in [0.5, 0.6) is 23.0 Å². The topological polar surface area (TPSA) is 249 Å². The van der Waals surface area contributed by atoms with Gasteiger partial charge >= 0.3 is 0 Å². The van der Waals surface area contributed by atoms with Crippen molar-refractivity contribution in [3.8, 4) is 34.3 Å². The second-order valence-electron chi connectivity index (χ2n) is 9.68. The van der Waals surface area contributed by atoms with E-state index in [2.05, 4.69) is 0 Å². The minimum Gasteiger partial charge on any atom is -0.508 e. The van der Waals surface area contributed by atoms with E-state index < -0.39 is 84.6 Å². The highest BCUT2D eigenvalue weighted by Crippen LogP contribution is 2.42. The summed E-state index contributed by atoms with van der Waals surface area (Å²) in [5.41, 5.74) is -0.513. The molecule has 2 aliphatic rings. The predicted octanol–water partition coefficient (Wildman–Crippen LogP) is -1.78. The van der Waals surface area contributed by atoms with Crippen molar-refractivity contribution in [2.75, 3.05) is 13.2 Å². The van der Waals surface area contributed by atoms with Crippen molar-refractivity contribution in [2.45, 2.75) is 55.3 Å². The lowest BCUT2D eigenvalue weighted by Crippen LogP contribution is -2.61. The quantitative estimate of drug-likeness (QED) is 0.146. The number of rotatable bonds is 6. The molecule has 0 saturated carbocycles. The average molecular weight is 580 g/mol. The van der Waals surface area contributed by atoms with E-state index in [1.165, 1.54) is 24.3 Å². The van der Waals surface area contributed by atoms with Gasteiger partial charge in [0.05, 0.1) is 13.2 Å². The summed E-state index contributed by atoms with van der Waals surface area (Å²) in [7, 11) is 0. The van der Waals surface area contributed by atoms with Crippen molar-refractivity contribution in [2.24, 2.45) is 0 Å². The predicted molar refractivity (Wildman–Crippen MR) is 134 cm³/mol. The molecule has 0 amide bonds. The van der Waals surface area contributed by atoms with Crippen molar-refractivity contribution in [1.82, 2.24) is 0 Å². The van der Waals surface area contributed by atoms with Crippen LogP contribution in [0.1, 0.15) is 0 Å². The third-order valence-electron chi connectivity index (χ3n) is 6.87. The monoisotopic (exact) mass is 580 g/mol. The summed E-state index contributed by atoms with van der Waals surface area (Å²) < 4.78 is 27.3. The van der Waals surface area contributed by atoms with Crippen molar-refractivity contribution in [3.63, 3.8) is 0 Å². The Balaban J connectivity index is 1.39. The zero-order valence-corrected chi connectivity index (χ0v) is 21.0. The first-order valence-electron chi connectivity index (χ1n) is 12.4. The van der Waals surface area contributed by atoms with Crippen LogP contribution in [0.4, 0.5) is 0 Å². The van der Waals surface area contributed by atoms with Crippen molar-refractivity contribution >= 4 is 11.0 Å². The van der Waals surface area contributed by atoms with E-state index in [0.29, 0.717) is 5.56 Å². The van der Waals surface area contributed by atoms with E-state index in [4.69, 9.17) is 23.4 Å². The van der Waals surface area contributed by atoms with Gasteiger partial charge in [-0.1, -0.05) is 0 Å². The summed E-state index contributed by atoms with van der Waals surface area (Å²) in [6.07, 6.45) is -14.6. The number of benzene rings is 2. The Hall–Kier alpha value is -3.51. The number of fused-ring (bicyclic) bond motifs is 1. The first-order valence-corrected chi connectivity index (χ1v) is 12.4. The van der Waals surface area contributed by atoms with Crippen LogP contribution in [0.25, 0.3) is 22.3 Å². The van der Waals surface area contributed by atoms with Crippen LogP contribution in [0.3, 0.4) is 0 Å². The Kier molecular flexibility index (Phi) is 8.06. The summed E-state index contributed by atoms with van der Waals surface area (Å²) in [5.74, 6) is -2.27. The first-order chi connectivity index (χ1) is 19.5. The Morgan fingerprint density at radius 3 is 2.20 bits per heavy atom. The number of hydrogen-bond donors (Lipinski definition) is 9. The van der Waals surface area contributed by atoms with Crippen LogP contribution >= 0.6 is 0 Å². The molecule has 2 fully saturated rings. The van der Waals surface area contributed by atoms with Crippen LogP contribution in [0, 0.1) is 0 Å². The molecule has 3 aromatic rings. The van der Waals surface area contributed by atoms with E-state index in [1.807, 2.05) is 0 Å². The molecule has 1 aromatic heterocycles. The summed E-state index contributed by atoms with van der Waals surface area (Å²) >= 11 is 0. The van der Waals surface area contributed by atoms with E-state index in [0.717, 1.165) is 12.1 Å². The second kappa shape index (κ2) is 11.4. The number of ether oxygens (including phenoxy) is 4. The van der Waals surface area contributed by atoms with Gasteiger partial charge in [-0.05, 0) is 24.3 Å². The third-order valence-corrected chi connectivity index (χ3v) is 6.87. The number of phenolic OH excluding ortho intramolecular Hbond substituents is 3. The van der Waals surface area contributed by atoms with Gasteiger partial charge in [0, 0.05) is 17.7 Å². The maximum Gasteiger partial charge on any atom is 0.229 e. The fraction of sp³-hybridized carbons (Fsp3) is 0.423. The smallest absolute Gasteiger partial charge is 0.229 e. The fourth-order valence-corrected chi connectivity index (χ4v) is 4.52. The number of aliphatic hydroxyl groups excluding tert-OH is 6. The number of hydrogen-bond acceptors (Lipinski definition) is 15. The SMILES string of the molecule is O=c1cc(-c2ccc(O)cc2)oc2cc(O[C@@H]3O[C@@H](CO[C@@H]4OC[C@H](O)[C@H](O)[C@@H]4O)[C@H](O)[C@H](O)[C@H]3O)c(O)c(O)c12. The molecule has 0 spiro atoms. The summed E-state index contributed by atoms with van der Waals surface area (Å²) in [6, 6.07) is 7.84. The maximum atomic E-state index is 12.7. The fourth-order valence-electron chi connectivity index (χ4n) is 4.52. The summed E-state index contributed by atoms with van der Waals surface area (Å²) in [5, 5.41) is 90.9. The van der Waals surface area contributed by atoms with Gasteiger partial charge in [0.1, 0.15) is 65.2 Å². The molecule has 15 nitrogen and oxygen atoms in total. The van der Waals surface area contributed by atoms with Gasteiger partial charge in [-0.3, -0.25) is 4.79 Å². The first kappa shape index (κ1) is 29.0. The number of phenols is 3. The van der Waals surface area contributed by atoms with Crippen LogP contribution in [-0.2, 0) is 14.2 Å². The Morgan fingerprint density at radius 1 is 0.805 bits per heavy atom. The Labute approximate surface area is 230 Å². The lowest BCUT2D eigenvalue weighted by molar-refractivity contribution is -0.307. The van der Waals surface area contributed by atoms with Crippen LogP contribution in [-0.4, -0.2) is 114 Å². The standard InChI is InChI=1S/C26H28O15/c27-10-3-1-9(2-4-10)13-5-11(28)17-14(39-13)6-15(19(31)21(17)33)40-26-24(36)22(34)20(32)16(41-26)8-38-25-23(35)18(30)12(29)7-37-25/h1-6,12,16,18,20,22-27,29-36H,7-8H2/t12-,16-,18-,20-,22-,23-,24+,25-,26+/m0/s1. The molecule has 9 N–H and O–H groups in total. The minimum absolute atomic E-state index is 0.0176. The van der Waals surface area contributed by atoms with Crippen LogP contribution in [0.2, 0.25) is 0 Å². The molecule has 2 saturated heterocycles. The Bertz CT molecular complexity index is 1440. The molecular formula is C26H28O15. The molecule has 222 valence electrons. The molecule has 15 heteroatoms. The molecule has 2 aliphatic heterocycles. The van der Waals surface area contributed by atoms with Gasteiger partial charge in [0.15, 0.2) is 23.2 Å². The largest absolute Gasteiger partial charge is 0.508 e. The molecule has 0 aliphatic carbocycles. The lowest BCUT2D eigenvalue weighted by atomic mass is 9.99. The van der Waals surface area contributed by atoms with Gasteiger partial charge in [-0.15, -0.1) is 0 Å². The zero-order chi connectivity index (χ0) is 29.6. The van der Waals surface area contributed by atoms with Crippen LogP contribution < -0.4 is 10.2 Å². The average Bonchev–Trinajstić information content (AvgIpc) is 2.95. The molecule has 0 bridgehead atoms. The molecule has 3 heterocycles. The third kappa shape index (κ3) is 5.54.